The second-order valence-corrected chi connectivity index (χ2v) is 9.81. The fourth-order valence-electron chi connectivity index (χ4n) is 3.61. The first kappa shape index (κ1) is 24.1. The van der Waals surface area contributed by atoms with Gasteiger partial charge in [-0.15, -0.1) is 5.06 Å². The summed E-state index contributed by atoms with van der Waals surface area (Å²) in [5, 5.41) is 0.861. The van der Waals surface area contributed by atoms with Crippen LogP contribution in [0.5, 0.6) is 0 Å². The molecule has 1 saturated heterocycles. The number of hydroxylamine groups is 2. The summed E-state index contributed by atoms with van der Waals surface area (Å²) in [7, 11) is 0. The fraction of sp³-hybridized carbons (Fsp3) is 0.333. The van der Waals surface area contributed by atoms with E-state index in [0.29, 0.717) is 17.4 Å². The monoisotopic (exact) mass is 469 g/mol. The van der Waals surface area contributed by atoms with E-state index in [0.717, 1.165) is 62.5 Å². The molecule has 1 amide bonds. The van der Waals surface area contributed by atoms with Gasteiger partial charge in [0.05, 0.1) is 4.91 Å². The zero-order valence-corrected chi connectivity index (χ0v) is 20.5. The summed E-state index contributed by atoms with van der Waals surface area (Å²) in [6.45, 7) is 9.83. The van der Waals surface area contributed by atoms with Crippen LogP contribution in [0.3, 0.4) is 0 Å². The fourth-order valence-corrected chi connectivity index (χ4v) is 4.74. The normalized spacial score (nSPS) is 15.2. The lowest BCUT2D eigenvalue weighted by Crippen LogP contribution is -2.30. The molecule has 6 nitrogen and oxygen atoms in total. The third kappa shape index (κ3) is 5.09. The highest BCUT2D eigenvalue weighted by Gasteiger charge is 2.35. The maximum atomic E-state index is 12.9. The molecule has 0 unspecified atom stereocenters. The van der Waals surface area contributed by atoms with Crippen molar-refractivity contribution in [2.75, 3.05) is 0 Å². The highest BCUT2D eigenvalue weighted by Crippen LogP contribution is 2.38. The largest absolute Gasteiger partial charge is 0.332 e. The minimum Gasteiger partial charge on any atom is -0.332 e. The van der Waals surface area contributed by atoms with Crippen LogP contribution in [0.2, 0.25) is 0 Å². The summed E-state index contributed by atoms with van der Waals surface area (Å²) in [6.07, 6.45) is 2.58. The van der Waals surface area contributed by atoms with Gasteiger partial charge < -0.3 is 10.6 Å². The second kappa shape index (κ2) is 9.94. The van der Waals surface area contributed by atoms with Gasteiger partial charge in [0, 0.05) is 30.4 Å². The second-order valence-electron chi connectivity index (χ2n) is 8.14. The van der Waals surface area contributed by atoms with Crippen molar-refractivity contribution in [3.8, 4) is 11.1 Å². The van der Waals surface area contributed by atoms with E-state index < -0.39 is 11.9 Å². The van der Waals surface area contributed by atoms with Crippen molar-refractivity contribution in [1.82, 2.24) is 10.0 Å². The third-order valence-electron chi connectivity index (χ3n) is 5.01. The number of carbonyl (C=O) groups is 2. The van der Waals surface area contributed by atoms with Gasteiger partial charge in [-0.1, -0.05) is 55.4 Å². The van der Waals surface area contributed by atoms with Gasteiger partial charge in [0.25, 0.3) is 5.91 Å². The van der Waals surface area contributed by atoms with E-state index in [1.165, 1.54) is 6.92 Å². The molecule has 1 aromatic carbocycles. The van der Waals surface area contributed by atoms with E-state index in [4.69, 9.17) is 27.8 Å². The maximum Gasteiger partial charge on any atom is 0.330 e. The smallest absolute Gasteiger partial charge is 0.330 e. The number of benzene rings is 1. The van der Waals surface area contributed by atoms with Gasteiger partial charge in [-0.3, -0.25) is 9.78 Å². The summed E-state index contributed by atoms with van der Waals surface area (Å²) in [5.41, 5.74) is 12.9. The molecule has 0 bridgehead atoms. The molecule has 168 valence electrons. The molecule has 1 aliphatic rings. The summed E-state index contributed by atoms with van der Waals surface area (Å²) in [6, 6.07) is 8.22. The van der Waals surface area contributed by atoms with Crippen LogP contribution in [0, 0.1) is 19.8 Å². The molecule has 0 saturated carbocycles. The minimum atomic E-state index is -0.607. The lowest BCUT2D eigenvalue weighted by Gasteiger charge is -2.20. The van der Waals surface area contributed by atoms with Crippen molar-refractivity contribution >= 4 is 46.3 Å². The van der Waals surface area contributed by atoms with Gasteiger partial charge >= 0.3 is 5.97 Å². The molecule has 0 atom stereocenters. The molecular formula is C24H27N3O3S2. The Hall–Kier alpha value is -2.55. The Balaban J connectivity index is 2.22. The molecule has 2 heterocycles. The molecule has 2 N–H and O–H groups in total. The number of thioether (sulfide) groups is 1. The Morgan fingerprint density at radius 2 is 1.94 bits per heavy atom. The van der Waals surface area contributed by atoms with E-state index in [1.54, 1.807) is 6.08 Å². The van der Waals surface area contributed by atoms with Crippen LogP contribution >= 0.6 is 24.0 Å². The predicted molar refractivity (Wildman–Crippen MR) is 132 cm³/mol. The number of thiocarbonyl (C=S) groups is 1. The molecule has 3 rings (SSSR count). The number of amides is 1. The SMILES string of the molecule is CC(=O)ON1C(=O)C(=Cc2c(C)nc(CC(C)C)c(CN)c2-c2ccc(C)cc2)SC1=S. The Kier molecular flexibility index (Phi) is 7.48. The quantitative estimate of drug-likeness (QED) is 0.485. The maximum absolute atomic E-state index is 12.9. The van der Waals surface area contributed by atoms with Gasteiger partial charge in [0.1, 0.15) is 0 Å². The van der Waals surface area contributed by atoms with E-state index in [1.807, 2.05) is 13.8 Å². The van der Waals surface area contributed by atoms with Crippen molar-refractivity contribution in [2.24, 2.45) is 11.7 Å². The number of aryl methyl sites for hydroxylation is 2. The van der Waals surface area contributed by atoms with Crippen molar-refractivity contribution in [1.29, 1.82) is 0 Å². The van der Waals surface area contributed by atoms with Crippen LogP contribution < -0.4 is 5.73 Å². The van der Waals surface area contributed by atoms with E-state index in [9.17, 15) is 9.59 Å². The first-order valence-corrected chi connectivity index (χ1v) is 11.6. The Morgan fingerprint density at radius 3 is 2.50 bits per heavy atom. The third-order valence-corrected chi connectivity index (χ3v) is 6.28. The van der Waals surface area contributed by atoms with E-state index >= 15 is 0 Å². The minimum absolute atomic E-state index is 0.175. The number of carbonyl (C=O) groups excluding carboxylic acids is 2. The molecule has 0 aliphatic carbocycles. The molecule has 2 aromatic rings. The number of nitrogens with zero attached hydrogens (tertiary/aromatic N) is 2. The number of aromatic nitrogens is 1. The zero-order valence-electron chi connectivity index (χ0n) is 18.9. The van der Waals surface area contributed by atoms with E-state index in [2.05, 4.69) is 38.1 Å². The average Bonchev–Trinajstić information content (AvgIpc) is 2.97. The molecular weight excluding hydrogens is 442 g/mol. The summed E-state index contributed by atoms with van der Waals surface area (Å²) < 4.78 is 0.175. The Bertz CT molecular complexity index is 1110. The van der Waals surface area contributed by atoms with Gasteiger partial charge in [0.15, 0.2) is 4.32 Å². The molecule has 0 radical (unpaired) electrons. The van der Waals surface area contributed by atoms with Crippen LogP contribution in [-0.4, -0.2) is 26.2 Å². The number of pyridine rings is 1. The van der Waals surface area contributed by atoms with Gasteiger partial charge in [-0.05, 0) is 61.2 Å². The number of nitrogens with two attached hydrogens (primary N) is 1. The van der Waals surface area contributed by atoms with Crippen molar-refractivity contribution in [2.45, 2.75) is 47.6 Å². The summed E-state index contributed by atoms with van der Waals surface area (Å²) >= 11 is 6.33. The zero-order chi connectivity index (χ0) is 23.6. The molecule has 1 aliphatic heterocycles. The Labute approximate surface area is 198 Å². The first-order valence-electron chi connectivity index (χ1n) is 10.4. The van der Waals surface area contributed by atoms with Crippen LogP contribution in [0.25, 0.3) is 17.2 Å². The van der Waals surface area contributed by atoms with Crippen LogP contribution in [0.1, 0.15) is 48.8 Å². The summed E-state index contributed by atoms with van der Waals surface area (Å²) in [4.78, 5) is 34.4. The van der Waals surface area contributed by atoms with Crippen LogP contribution in [0.15, 0.2) is 29.2 Å². The molecule has 0 spiro atoms. The highest BCUT2D eigenvalue weighted by molar-refractivity contribution is 8.26. The predicted octanol–water partition coefficient (Wildman–Crippen LogP) is 4.70. The van der Waals surface area contributed by atoms with Gasteiger partial charge in [0.2, 0.25) is 0 Å². The van der Waals surface area contributed by atoms with Crippen molar-refractivity contribution in [3.63, 3.8) is 0 Å². The molecule has 32 heavy (non-hydrogen) atoms. The standard InChI is InChI=1S/C24H27N3O3S2/c1-13(2)10-20-19(12-25)22(17-8-6-14(3)7-9-17)18(15(4)26-20)11-21-23(29)27(24(31)32-21)30-16(5)28/h6-9,11,13H,10,12,25H2,1-5H3. The topological polar surface area (TPSA) is 85.5 Å². The lowest BCUT2D eigenvalue weighted by atomic mass is 9.89. The van der Waals surface area contributed by atoms with Gasteiger partial charge in [-0.2, -0.15) is 0 Å². The van der Waals surface area contributed by atoms with Gasteiger partial charge in [-0.25, -0.2) is 4.79 Å². The van der Waals surface area contributed by atoms with Crippen molar-refractivity contribution < 1.29 is 14.4 Å². The van der Waals surface area contributed by atoms with Crippen molar-refractivity contribution in [3.05, 3.63) is 57.2 Å². The number of hydrogen-bond acceptors (Lipinski definition) is 7. The summed E-state index contributed by atoms with van der Waals surface area (Å²) in [5.74, 6) is -0.655. The number of rotatable bonds is 6. The van der Waals surface area contributed by atoms with Crippen LogP contribution in [-0.2, 0) is 27.4 Å². The Morgan fingerprint density at radius 1 is 1.28 bits per heavy atom. The molecule has 8 heteroatoms. The highest BCUT2D eigenvalue weighted by atomic mass is 32.2. The van der Waals surface area contributed by atoms with Crippen LogP contribution in [0.4, 0.5) is 0 Å². The lowest BCUT2D eigenvalue weighted by molar-refractivity contribution is -0.176. The average molecular weight is 470 g/mol. The molecule has 1 fully saturated rings. The van der Waals surface area contributed by atoms with E-state index in [-0.39, 0.29) is 4.32 Å². The number of hydrogen-bond donors (Lipinski definition) is 1. The first-order chi connectivity index (χ1) is 15.1. The molecule has 1 aromatic heterocycles.